The fourth-order valence-electron chi connectivity index (χ4n) is 0.266. The molecule has 0 amide bonds. The van der Waals surface area contributed by atoms with Gasteiger partial charge in [0.05, 0.1) is 12.5 Å². The first-order chi connectivity index (χ1) is 4.31. The molecule has 0 aliphatic carbocycles. The average molecular weight is 125 g/mol. The molecule has 0 fully saturated rings. The van der Waals surface area contributed by atoms with Crippen LogP contribution in [-0.2, 0) is 4.74 Å². The summed E-state index contributed by atoms with van der Waals surface area (Å²) < 4.78 is 4.81. The molecule has 0 radical (unpaired) electrons. The number of allylic oxidation sites excluding steroid dienone is 2. The summed E-state index contributed by atoms with van der Waals surface area (Å²) in [5.41, 5.74) is 0. The molecule has 0 rings (SSSR count). The smallest absolute Gasteiger partial charge is 0.136 e. The Hall–Kier alpha value is -1.05. The van der Waals surface area contributed by atoms with Gasteiger partial charge in [0.25, 0.3) is 0 Å². The number of nitrogens with one attached hydrogen (secondary N) is 1. The van der Waals surface area contributed by atoms with Gasteiger partial charge in [-0.05, 0) is 12.5 Å². The molecule has 0 aromatic heterocycles. The lowest BCUT2D eigenvalue weighted by Gasteiger charge is -1.93. The van der Waals surface area contributed by atoms with Crippen molar-refractivity contribution in [3.63, 3.8) is 0 Å². The highest BCUT2D eigenvalue weighted by Gasteiger charge is 1.79. The minimum atomic E-state index is 0.361. The Morgan fingerprint density at radius 2 is 2.44 bits per heavy atom. The van der Waals surface area contributed by atoms with Crippen LogP contribution < -0.4 is 0 Å². The van der Waals surface area contributed by atoms with Gasteiger partial charge in [0.1, 0.15) is 5.76 Å². The lowest BCUT2D eigenvalue weighted by molar-refractivity contribution is 0.380. The molecular formula is C7H11NO. The van der Waals surface area contributed by atoms with Crippen LogP contribution in [0.3, 0.4) is 0 Å². The topological polar surface area (TPSA) is 33.1 Å². The summed E-state index contributed by atoms with van der Waals surface area (Å²) in [7, 11) is 0. The molecule has 9 heavy (non-hydrogen) atoms. The predicted octanol–water partition coefficient (Wildman–Crippen LogP) is 2.09. The normalized spacial score (nSPS) is 9.44. The minimum absolute atomic E-state index is 0.361. The maximum absolute atomic E-state index is 6.66. The van der Waals surface area contributed by atoms with Crippen LogP contribution in [0.15, 0.2) is 24.7 Å². The molecule has 0 unspecified atom stereocenters. The van der Waals surface area contributed by atoms with E-state index >= 15 is 0 Å². The third kappa shape index (κ3) is 4.81. The predicted molar refractivity (Wildman–Crippen MR) is 38.4 cm³/mol. The molecule has 0 saturated carbocycles. The number of hydrogen-bond acceptors (Lipinski definition) is 2. The molecule has 1 N–H and O–H groups in total. The van der Waals surface area contributed by atoms with Crippen molar-refractivity contribution in [2.45, 2.75) is 13.3 Å². The highest BCUT2D eigenvalue weighted by molar-refractivity contribution is 5.71. The van der Waals surface area contributed by atoms with Gasteiger partial charge in [0.15, 0.2) is 0 Å². The van der Waals surface area contributed by atoms with Crippen molar-refractivity contribution in [2.75, 3.05) is 0 Å². The lowest BCUT2D eigenvalue weighted by Crippen LogP contribution is -1.80. The first-order valence-corrected chi connectivity index (χ1v) is 2.82. The average Bonchev–Trinajstić information content (AvgIpc) is 1.89. The third-order valence-corrected chi connectivity index (χ3v) is 0.712. The van der Waals surface area contributed by atoms with Crippen molar-refractivity contribution in [3.05, 3.63) is 24.7 Å². The van der Waals surface area contributed by atoms with E-state index in [4.69, 9.17) is 10.1 Å². The Morgan fingerprint density at radius 3 is 2.89 bits per heavy atom. The van der Waals surface area contributed by atoms with E-state index in [0.29, 0.717) is 5.76 Å². The highest BCUT2D eigenvalue weighted by atomic mass is 16.5. The van der Waals surface area contributed by atoms with Crippen LogP contribution in [0.2, 0.25) is 0 Å². The molecule has 0 spiro atoms. The largest absolute Gasteiger partial charge is 0.464 e. The van der Waals surface area contributed by atoms with Crippen molar-refractivity contribution in [3.8, 4) is 0 Å². The maximum Gasteiger partial charge on any atom is 0.136 e. The second-order valence-corrected chi connectivity index (χ2v) is 1.51. The van der Waals surface area contributed by atoms with E-state index in [1.54, 1.807) is 0 Å². The summed E-state index contributed by atoms with van der Waals surface area (Å²) in [6.45, 7) is 5.44. The van der Waals surface area contributed by atoms with Gasteiger partial charge in [-0.15, -0.1) is 0 Å². The molecule has 0 aliphatic rings. The number of ether oxygens (including phenoxy) is 1. The molecular weight excluding hydrogens is 114 g/mol. The summed E-state index contributed by atoms with van der Waals surface area (Å²) in [5.74, 6) is 0.361. The zero-order valence-corrected chi connectivity index (χ0v) is 5.55. The van der Waals surface area contributed by atoms with Crippen LogP contribution in [0, 0.1) is 5.41 Å². The highest BCUT2D eigenvalue weighted by Crippen LogP contribution is 1.89. The van der Waals surface area contributed by atoms with Crippen LogP contribution in [0.4, 0.5) is 0 Å². The van der Waals surface area contributed by atoms with Crippen LogP contribution in [0.25, 0.3) is 0 Å². The number of hydrogen-bond donors (Lipinski definition) is 1. The van der Waals surface area contributed by atoms with Crippen LogP contribution in [0.1, 0.15) is 13.3 Å². The summed E-state index contributed by atoms with van der Waals surface area (Å²) in [5, 5.41) is 6.66. The second kappa shape index (κ2) is 5.09. The van der Waals surface area contributed by atoms with E-state index in [0.717, 1.165) is 12.6 Å². The first-order valence-electron chi connectivity index (χ1n) is 2.82. The van der Waals surface area contributed by atoms with Crippen LogP contribution in [-0.4, -0.2) is 6.21 Å². The first kappa shape index (κ1) is 7.95. The lowest BCUT2D eigenvalue weighted by atomic mass is 10.5. The molecule has 0 aromatic carbocycles. The van der Waals surface area contributed by atoms with E-state index in [1.807, 2.05) is 13.0 Å². The van der Waals surface area contributed by atoms with E-state index < -0.39 is 0 Å². The summed E-state index contributed by atoms with van der Waals surface area (Å²) in [4.78, 5) is 0. The van der Waals surface area contributed by atoms with Gasteiger partial charge < -0.3 is 10.1 Å². The van der Waals surface area contributed by atoms with E-state index in [2.05, 4.69) is 6.58 Å². The van der Waals surface area contributed by atoms with Gasteiger partial charge in [-0.3, -0.25) is 0 Å². The van der Waals surface area contributed by atoms with Crippen molar-refractivity contribution < 1.29 is 4.74 Å². The van der Waals surface area contributed by atoms with Crippen molar-refractivity contribution in [1.29, 1.82) is 5.41 Å². The van der Waals surface area contributed by atoms with Gasteiger partial charge in [-0.2, -0.15) is 0 Å². The molecule has 0 aliphatic heterocycles. The van der Waals surface area contributed by atoms with Crippen molar-refractivity contribution >= 4 is 6.21 Å². The Kier molecular flexibility index (Phi) is 4.50. The zero-order chi connectivity index (χ0) is 7.11. The SMILES string of the molecule is C=C(C=N)O/C=C/CC. The molecule has 0 aromatic rings. The van der Waals surface area contributed by atoms with E-state index in [-0.39, 0.29) is 0 Å². The zero-order valence-electron chi connectivity index (χ0n) is 5.55. The van der Waals surface area contributed by atoms with Crippen molar-refractivity contribution in [2.24, 2.45) is 0 Å². The van der Waals surface area contributed by atoms with E-state index in [9.17, 15) is 0 Å². The second-order valence-electron chi connectivity index (χ2n) is 1.51. The van der Waals surface area contributed by atoms with Crippen LogP contribution in [0.5, 0.6) is 0 Å². The van der Waals surface area contributed by atoms with Gasteiger partial charge in [-0.1, -0.05) is 13.5 Å². The molecule has 0 atom stereocenters. The van der Waals surface area contributed by atoms with Gasteiger partial charge in [-0.25, -0.2) is 0 Å². The van der Waals surface area contributed by atoms with E-state index in [1.165, 1.54) is 6.26 Å². The fourth-order valence-corrected chi connectivity index (χ4v) is 0.266. The molecule has 0 bridgehead atoms. The molecule has 0 saturated heterocycles. The maximum atomic E-state index is 6.66. The minimum Gasteiger partial charge on any atom is -0.464 e. The molecule has 50 valence electrons. The van der Waals surface area contributed by atoms with Crippen LogP contribution >= 0.6 is 0 Å². The molecule has 2 nitrogen and oxygen atoms in total. The third-order valence-electron chi connectivity index (χ3n) is 0.712. The summed E-state index contributed by atoms with van der Waals surface area (Å²) in [6.07, 6.45) is 5.40. The molecule has 0 heterocycles. The Labute approximate surface area is 55.3 Å². The van der Waals surface area contributed by atoms with Gasteiger partial charge in [0.2, 0.25) is 0 Å². The Morgan fingerprint density at radius 1 is 1.78 bits per heavy atom. The fraction of sp³-hybridized carbons (Fsp3) is 0.286. The quantitative estimate of drug-likeness (QED) is 0.453. The monoisotopic (exact) mass is 125 g/mol. The van der Waals surface area contributed by atoms with Gasteiger partial charge >= 0.3 is 0 Å². The number of rotatable bonds is 4. The van der Waals surface area contributed by atoms with Gasteiger partial charge in [0, 0.05) is 0 Å². The Bertz CT molecular complexity index is 127. The summed E-state index contributed by atoms with van der Waals surface area (Å²) >= 11 is 0. The Balaban J connectivity index is 3.37. The van der Waals surface area contributed by atoms with Crippen molar-refractivity contribution in [1.82, 2.24) is 0 Å². The standard InChI is InChI=1S/C7H11NO/c1-3-4-5-9-7(2)6-8/h4-6,8H,2-3H2,1H3/b5-4+,8-6?. The molecule has 2 heteroatoms. The summed E-state index contributed by atoms with van der Waals surface area (Å²) in [6, 6.07) is 0.